The molecule has 5 N–H and O–H groups in total. The third-order valence-electron chi connectivity index (χ3n) is 3.37. The molecule has 0 saturated carbocycles. The van der Waals surface area contributed by atoms with E-state index in [1.165, 1.54) is 0 Å². The maximum atomic E-state index is 12.0. The van der Waals surface area contributed by atoms with E-state index in [4.69, 9.17) is 0 Å². The van der Waals surface area contributed by atoms with Crippen LogP contribution in [0.5, 0.6) is 0 Å². The van der Waals surface area contributed by atoms with Crippen molar-refractivity contribution in [3.8, 4) is 0 Å². The molecule has 8 nitrogen and oxygen atoms in total. The lowest BCUT2D eigenvalue weighted by molar-refractivity contribution is -0.131. The van der Waals surface area contributed by atoms with Gasteiger partial charge in [0.25, 0.3) is 0 Å². The molecule has 130 valence electrons. The number of aliphatic hydroxyl groups excluding tert-OH is 1. The van der Waals surface area contributed by atoms with Gasteiger partial charge in [-0.1, -0.05) is 13.8 Å². The van der Waals surface area contributed by atoms with Crippen molar-refractivity contribution in [2.45, 2.75) is 45.2 Å². The number of carbonyl (C=O) groups excluding carboxylic acids is 3. The average molecular weight is 326 g/mol. The monoisotopic (exact) mass is 326 g/mol. The van der Waals surface area contributed by atoms with Crippen LogP contribution in [0.3, 0.4) is 0 Å². The highest BCUT2D eigenvalue weighted by Gasteiger charge is 2.23. The molecule has 2 amide bonds. The van der Waals surface area contributed by atoms with Crippen molar-refractivity contribution in [1.29, 1.82) is 0 Å². The number of aliphatic hydroxyl groups is 1. The number of amides is 2. The van der Waals surface area contributed by atoms with Gasteiger partial charge in [0, 0.05) is 18.3 Å². The summed E-state index contributed by atoms with van der Waals surface area (Å²) in [5.74, 6) is -0.646. The fourth-order valence-electron chi connectivity index (χ4n) is 2.20. The first-order chi connectivity index (χ1) is 11.0. The van der Waals surface area contributed by atoms with Gasteiger partial charge in [0.05, 0.1) is 19.3 Å². The minimum atomic E-state index is -1.05. The Hall–Kier alpha value is -2.09. The van der Waals surface area contributed by atoms with Crippen molar-refractivity contribution in [3.05, 3.63) is 11.9 Å². The largest absolute Gasteiger partial charge is 0.394 e. The van der Waals surface area contributed by atoms with Crippen LogP contribution in [0.15, 0.2) is 11.9 Å². The molecule has 23 heavy (non-hydrogen) atoms. The molecule has 8 heteroatoms. The van der Waals surface area contributed by atoms with Crippen LogP contribution in [0.2, 0.25) is 0 Å². The van der Waals surface area contributed by atoms with E-state index in [1.54, 1.807) is 6.20 Å². The zero-order valence-electron chi connectivity index (χ0n) is 13.6. The lowest BCUT2D eigenvalue weighted by Crippen LogP contribution is -2.52. The number of carbonyl (C=O) groups is 3. The molecule has 0 aromatic carbocycles. The van der Waals surface area contributed by atoms with Crippen LogP contribution >= 0.6 is 0 Å². The summed E-state index contributed by atoms with van der Waals surface area (Å²) < 4.78 is 0. The molecule has 2 atom stereocenters. The number of allylic oxidation sites excluding steroid dienone is 1. The van der Waals surface area contributed by atoms with Crippen molar-refractivity contribution in [2.75, 3.05) is 13.3 Å². The van der Waals surface area contributed by atoms with Gasteiger partial charge in [-0.05, 0) is 18.8 Å². The zero-order chi connectivity index (χ0) is 17.2. The molecule has 0 aromatic heterocycles. The van der Waals surface area contributed by atoms with E-state index >= 15 is 0 Å². The van der Waals surface area contributed by atoms with Gasteiger partial charge in [0.1, 0.15) is 12.3 Å². The van der Waals surface area contributed by atoms with Gasteiger partial charge in [-0.15, -0.1) is 0 Å². The Bertz CT molecular complexity index is 451. The van der Waals surface area contributed by atoms with Gasteiger partial charge in [-0.2, -0.15) is 0 Å². The topological polar surface area (TPSA) is 120 Å². The lowest BCUT2D eigenvalue weighted by atomic mass is 10.0. The third kappa shape index (κ3) is 7.14. The second-order valence-electron chi connectivity index (χ2n) is 5.91. The molecule has 1 aliphatic heterocycles. The molecule has 1 unspecified atom stereocenters. The molecule has 0 saturated heterocycles. The predicted octanol–water partition coefficient (Wildman–Crippen LogP) is -1.03. The first kappa shape index (κ1) is 19.0. The second kappa shape index (κ2) is 9.83. The van der Waals surface area contributed by atoms with E-state index < -0.39 is 24.6 Å². The standard InChI is InChI=1S/C15H26N4O4/c1-10(2)5-12(7-20)18-15(23)13(8-21)19-14(22)4-3-11-6-16-9-17-11/h6-7,10,12-13,16-17,21H,3-5,8-9H2,1-2H3,(H,18,23)(H,19,22)/t12?,13-/m0/s1. The summed E-state index contributed by atoms with van der Waals surface area (Å²) in [5.41, 5.74) is 0.920. The number of nitrogens with one attached hydrogen (secondary N) is 4. The van der Waals surface area contributed by atoms with Crippen LogP contribution in [0.4, 0.5) is 0 Å². The molecular weight excluding hydrogens is 300 g/mol. The Morgan fingerprint density at radius 3 is 2.65 bits per heavy atom. The van der Waals surface area contributed by atoms with Gasteiger partial charge in [-0.3, -0.25) is 9.59 Å². The lowest BCUT2D eigenvalue weighted by Gasteiger charge is -2.20. The van der Waals surface area contributed by atoms with Gasteiger partial charge < -0.3 is 31.2 Å². The second-order valence-corrected chi connectivity index (χ2v) is 5.91. The summed E-state index contributed by atoms with van der Waals surface area (Å²) in [6, 6.07) is -1.67. The highest BCUT2D eigenvalue weighted by atomic mass is 16.3. The Morgan fingerprint density at radius 1 is 1.39 bits per heavy atom. The Balaban J connectivity index is 2.42. The van der Waals surface area contributed by atoms with Gasteiger partial charge >= 0.3 is 0 Å². The summed E-state index contributed by atoms with van der Waals surface area (Å²) in [5, 5.41) is 20.3. The molecule has 0 fully saturated rings. The van der Waals surface area contributed by atoms with E-state index in [0.29, 0.717) is 25.8 Å². The fourth-order valence-corrected chi connectivity index (χ4v) is 2.20. The molecule has 1 aliphatic rings. The van der Waals surface area contributed by atoms with Gasteiger partial charge in [-0.25, -0.2) is 0 Å². The van der Waals surface area contributed by atoms with E-state index in [0.717, 1.165) is 5.70 Å². The number of aldehydes is 1. The summed E-state index contributed by atoms with van der Waals surface area (Å²) in [6.07, 6.45) is 3.69. The van der Waals surface area contributed by atoms with Gasteiger partial charge in [0.15, 0.2) is 0 Å². The minimum Gasteiger partial charge on any atom is -0.394 e. The van der Waals surface area contributed by atoms with E-state index in [-0.39, 0.29) is 18.2 Å². The SMILES string of the molecule is CC(C)CC(C=O)NC(=O)[C@H](CO)NC(=O)CCC1=CNCN1. The molecule has 1 rings (SSSR count). The van der Waals surface area contributed by atoms with Crippen molar-refractivity contribution >= 4 is 18.1 Å². The molecular formula is C15H26N4O4. The van der Waals surface area contributed by atoms with Crippen LogP contribution in [-0.2, 0) is 14.4 Å². The number of hydrogen-bond donors (Lipinski definition) is 5. The van der Waals surface area contributed by atoms with Crippen LogP contribution in [0.1, 0.15) is 33.1 Å². The van der Waals surface area contributed by atoms with E-state index in [2.05, 4.69) is 21.3 Å². The summed E-state index contributed by atoms with van der Waals surface area (Å²) >= 11 is 0. The molecule has 0 spiro atoms. The Labute approximate surface area is 136 Å². The summed E-state index contributed by atoms with van der Waals surface area (Å²) in [7, 11) is 0. The van der Waals surface area contributed by atoms with Crippen LogP contribution in [-0.4, -0.2) is 48.6 Å². The summed E-state index contributed by atoms with van der Waals surface area (Å²) in [4.78, 5) is 34.9. The molecule has 0 radical (unpaired) electrons. The predicted molar refractivity (Wildman–Crippen MR) is 84.9 cm³/mol. The van der Waals surface area contributed by atoms with Crippen LogP contribution < -0.4 is 21.3 Å². The number of rotatable bonds is 10. The number of hydrogen-bond acceptors (Lipinski definition) is 6. The smallest absolute Gasteiger partial charge is 0.245 e. The summed E-state index contributed by atoms with van der Waals surface area (Å²) in [6.45, 7) is 4.00. The molecule has 0 aliphatic carbocycles. The molecule has 0 bridgehead atoms. The van der Waals surface area contributed by atoms with Crippen molar-refractivity contribution in [2.24, 2.45) is 5.92 Å². The highest BCUT2D eigenvalue weighted by Crippen LogP contribution is 2.04. The first-order valence-corrected chi connectivity index (χ1v) is 7.78. The first-order valence-electron chi connectivity index (χ1n) is 7.78. The fraction of sp³-hybridized carbons (Fsp3) is 0.667. The third-order valence-corrected chi connectivity index (χ3v) is 3.37. The van der Waals surface area contributed by atoms with E-state index in [9.17, 15) is 19.5 Å². The normalized spacial score (nSPS) is 15.9. The maximum Gasteiger partial charge on any atom is 0.245 e. The average Bonchev–Trinajstić information content (AvgIpc) is 3.02. The van der Waals surface area contributed by atoms with Crippen LogP contribution in [0, 0.1) is 5.92 Å². The maximum absolute atomic E-state index is 12.0. The molecule has 0 aromatic rings. The minimum absolute atomic E-state index is 0.202. The van der Waals surface area contributed by atoms with E-state index in [1.807, 2.05) is 13.8 Å². The van der Waals surface area contributed by atoms with Crippen molar-refractivity contribution in [3.63, 3.8) is 0 Å². The molecule has 1 heterocycles. The van der Waals surface area contributed by atoms with Gasteiger partial charge in [0.2, 0.25) is 11.8 Å². The van der Waals surface area contributed by atoms with Crippen molar-refractivity contribution in [1.82, 2.24) is 21.3 Å². The Morgan fingerprint density at radius 2 is 2.13 bits per heavy atom. The van der Waals surface area contributed by atoms with Crippen LogP contribution in [0.25, 0.3) is 0 Å². The highest BCUT2D eigenvalue weighted by molar-refractivity contribution is 5.89. The van der Waals surface area contributed by atoms with Crippen molar-refractivity contribution < 1.29 is 19.5 Å². The Kier molecular flexibility index (Phi) is 8.10. The zero-order valence-corrected chi connectivity index (χ0v) is 13.6. The quantitative estimate of drug-likeness (QED) is 0.327.